The van der Waals surface area contributed by atoms with E-state index in [-0.39, 0.29) is 12.2 Å². The molecule has 1 aliphatic rings. The molecule has 0 spiro atoms. The second kappa shape index (κ2) is 4.05. The van der Waals surface area contributed by atoms with Crippen LogP contribution in [0.15, 0.2) is 12.3 Å². The largest absolute Gasteiger partial charge is 0.490 e. The Kier molecular flexibility index (Phi) is 3.70. The van der Waals surface area contributed by atoms with Crippen LogP contribution < -0.4 is 0 Å². The van der Waals surface area contributed by atoms with Gasteiger partial charge in [-0.1, -0.05) is 6.58 Å². The van der Waals surface area contributed by atoms with Crippen molar-refractivity contribution in [3.63, 3.8) is 0 Å². The number of hydrogen-bond donors (Lipinski definition) is 1. The van der Waals surface area contributed by atoms with Gasteiger partial charge in [-0.15, -0.1) is 12.8 Å². The van der Waals surface area contributed by atoms with E-state index in [1.165, 1.54) is 0 Å². The lowest BCUT2D eigenvalue weighted by Gasteiger charge is -2.19. The molecule has 0 bridgehead atoms. The minimum atomic E-state index is -0.336. The van der Waals surface area contributed by atoms with Gasteiger partial charge in [0.2, 0.25) is 0 Å². The van der Waals surface area contributed by atoms with Crippen LogP contribution in [0.5, 0.6) is 0 Å². The molecular weight excluding hydrogens is 140 g/mol. The minimum Gasteiger partial charge on any atom is -0.490 e. The number of ether oxygens (including phenoxy) is 1. The lowest BCUT2D eigenvalue weighted by atomic mass is 10.0. The molecule has 0 unspecified atom stereocenters. The van der Waals surface area contributed by atoms with E-state index in [0.29, 0.717) is 0 Å². The summed E-state index contributed by atoms with van der Waals surface area (Å²) in [7, 11) is 0. The predicted octanol–water partition coefficient (Wildman–Crippen LogP) is 1.31. The molecule has 1 rings (SSSR count). The molecule has 1 N–H and O–H groups in total. The topological polar surface area (TPSA) is 29.5 Å². The van der Waals surface area contributed by atoms with Gasteiger partial charge in [0.25, 0.3) is 0 Å². The molecule has 1 fully saturated rings. The smallest absolute Gasteiger partial charge is 0.129 e. The van der Waals surface area contributed by atoms with Gasteiger partial charge in [0.05, 0.1) is 12.4 Å². The van der Waals surface area contributed by atoms with E-state index < -0.39 is 0 Å². The summed E-state index contributed by atoms with van der Waals surface area (Å²) in [6, 6.07) is 0. The first-order chi connectivity index (χ1) is 5.16. The van der Waals surface area contributed by atoms with Crippen molar-refractivity contribution in [3.05, 3.63) is 12.3 Å². The molecule has 2 nitrogen and oxygen atoms in total. The van der Waals surface area contributed by atoms with Gasteiger partial charge in [-0.25, -0.2) is 0 Å². The summed E-state index contributed by atoms with van der Waals surface area (Å²) in [5, 5.41) is 8.78. The number of aliphatic hydroxyl groups is 1. The van der Waals surface area contributed by atoms with Crippen molar-refractivity contribution in [2.75, 3.05) is 6.61 Å². The molecule has 1 heterocycles. The van der Waals surface area contributed by atoms with Crippen LogP contribution in [-0.2, 0) is 4.74 Å². The van der Waals surface area contributed by atoms with Gasteiger partial charge in [-0.2, -0.15) is 0 Å². The molecule has 11 heavy (non-hydrogen) atoms. The Hall–Kier alpha value is -0.940. The first-order valence-electron chi connectivity index (χ1n) is 3.47. The van der Waals surface area contributed by atoms with Gasteiger partial charge in [-0.05, 0) is 13.3 Å². The molecular formula is C9H14O2. The molecule has 1 atom stereocenters. The van der Waals surface area contributed by atoms with Crippen LogP contribution in [0, 0.1) is 12.8 Å². The summed E-state index contributed by atoms with van der Waals surface area (Å²) < 4.78 is 5.25. The lowest BCUT2D eigenvalue weighted by Crippen LogP contribution is -2.27. The fourth-order valence-electron chi connectivity index (χ4n) is 0.966. The Morgan fingerprint density at radius 1 is 1.73 bits per heavy atom. The molecule has 2 heteroatoms. The summed E-state index contributed by atoms with van der Waals surface area (Å²) in [5.74, 6) is 0.798. The minimum absolute atomic E-state index is 0.0893. The Bertz CT molecular complexity index is 160. The van der Waals surface area contributed by atoms with Gasteiger partial charge in [0.1, 0.15) is 5.60 Å². The monoisotopic (exact) mass is 154 g/mol. The summed E-state index contributed by atoms with van der Waals surface area (Å²) in [5.41, 5.74) is -0.336. The van der Waals surface area contributed by atoms with Gasteiger partial charge in [-0.3, -0.25) is 0 Å². The van der Waals surface area contributed by atoms with Gasteiger partial charge in [0, 0.05) is 6.42 Å². The number of aliphatic hydroxyl groups excluding tert-OH is 1. The van der Waals surface area contributed by atoms with E-state index in [1.54, 1.807) is 0 Å². The molecule has 0 saturated carbocycles. The average Bonchev–Trinajstić information content (AvgIpc) is 2.37. The third-order valence-corrected chi connectivity index (χ3v) is 1.66. The molecule has 0 amide bonds. The van der Waals surface area contributed by atoms with Crippen LogP contribution in [0.4, 0.5) is 0 Å². The second-order valence-corrected chi connectivity index (χ2v) is 2.75. The molecule has 62 valence electrons. The van der Waals surface area contributed by atoms with Gasteiger partial charge < -0.3 is 9.84 Å². The molecule has 0 aromatic carbocycles. The first-order valence-corrected chi connectivity index (χ1v) is 3.47. The molecule has 1 saturated heterocycles. The molecule has 1 aliphatic heterocycles. The van der Waals surface area contributed by atoms with Crippen molar-refractivity contribution in [2.45, 2.75) is 25.4 Å². The van der Waals surface area contributed by atoms with Crippen molar-refractivity contribution >= 4 is 0 Å². The third-order valence-electron chi connectivity index (χ3n) is 1.66. The quantitative estimate of drug-likeness (QED) is 0.577. The number of rotatable bonds is 1. The van der Waals surface area contributed by atoms with E-state index in [4.69, 9.17) is 9.84 Å². The van der Waals surface area contributed by atoms with Gasteiger partial charge in [0.15, 0.2) is 0 Å². The number of allylic oxidation sites excluding steroid dienone is 1. The van der Waals surface area contributed by atoms with Crippen molar-refractivity contribution in [3.8, 4) is 12.8 Å². The zero-order valence-electron chi connectivity index (χ0n) is 6.84. The van der Waals surface area contributed by atoms with Crippen LogP contribution in [0.3, 0.4) is 0 Å². The van der Waals surface area contributed by atoms with Crippen molar-refractivity contribution in [1.29, 1.82) is 0 Å². The number of hydrogen-bond acceptors (Lipinski definition) is 2. The second-order valence-electron chi connectivity index (χ2n) is 2.75. The van der Waals surface area contributed by atoms with E-state index >= 15 is 0 Å². The Morgan fingerprint density at radius 2 is 2.27 bits per heavy atom. The first kappa shape index (κ1) is 10.1. The van der Waals surface area contributed by atoms with Crippen LogP contribution in [-0.4, -0.2) is 17.3 Å². The van der Waals surface area contributed by atoms with Crippen LogP contribution >= 0.6 is 0 Å². The lowest BCUT2D eigenvalue weighted by molar-refractivity contribution is 0.00415. The zero-order valence-corrected chi connectivity index (χ0v) is 6.84. The van der Waals surface area contributed by atoms with Crippen molar-refractivity contribution < 1.29 is 9.84 Å². The SMILES string of the molecule is C#C.C=C1CC[C@@](C)(CO)O1. The molecule has 0 aromatic heterocycles. The van der Waals surface area contributed by atoms with Crippen LogP contribution in [0.2, 0.25) is 0 Å². The van der Waals surface area contributed by atoms with Crippen LogP contribution in [0.1, 0.15) is 19.8 Å². The maximum absolute atomic E-state index is 8.78. The van der Waals surface area contributed by atoms with E-state index in [1.807, 2.05) is 6.92 Å². The Morgan fingerprint density at radius 3 is 2.45 bits per heavy atom. The highest BCUT2D eigenvalue weighted by molar-refractivity contribution is 4.97. The van der Waals surface area contributed by atoms with E-state index in [2.05, 4.69) is 19.4 Å². The molecule has 0 aliphatic carbocycles. The summed E-state index contributed by atoms with van der Waals surface area (Å²) in [6.07, 6.45) is 9.78. The normalized spacial score (nSPS) is 28.5. The van der Waals surface area contributed by atoms with E-state index in [9.17, 15) is 0 Å². The van der Waals surface area contributed by atoms with E-state index in [0.717, 1.165) is 18.6 Å². The van der Waals surface area contributed by atoms with Crippen molar-refractivity contribution in [1.82, 2.24) is 0 Å². The third kappa shape index (κ3) is 2.65. The average molecular weight is 154 g/mol. The van der Waals surface area contributed by atoms with Crippen molar-refractivity contribution in [2.24, 2.45) is 0 Å². The van der Waals surface area contributed by atoms with Gasteiger partial charge >= 0.3 is 0 Å². The Balaban J connectivity index is 0.000000461. The molecule has 0 radical (unpaired) electrons. The highest BCUT2D eigenvalue weighted by Crippen LogP contribution is 2.30. The predicted molar refractivity (Wildman–Crippen MR) is 44.8 cm³/mol. The maximum atomic E-state index is 8.78. The highest BCUT2D eigenvalue weighted by atomic mass is 16.5. The summed E-state index contributed by atoms with van der Waals surface area (Å²) >= 11 is 0. The fourth-order valence-corrected chi connectivity index (χ4v) is 0.966. The highest BCUT2D eigenvalue weighted by Gasteiger charge is 2.31. The molecule has 0 aromatic rings. The van der Waals surface area contributed by atoms with Crippen LogP contribution in [0.25, 0.3) is 0 Å². The summed E-state index contributed by atoms with van der Waals surface area (Å²) in [6.45, 7) is 5.65. The summed E-state index contributed by atoms with van der Waals surface area (Å²) in [4.78, 5) is 0. The zero-order chi connectivity index (χ0) is 8.91. The maximum Gasteiger partial charge on any atom is 0.129 e. The fraction of sp³-hybridized carbons (Fsp3) is 0.556. The number of terminal acetylenes is 1. The Labute approximate surface area is 67.9 Å². The standard InChI is InChI=1S/C7H12O2.C2H2/c1-6-3-4-7(2,5-8)9-6;1-2/h8H,1,3-5H2,2H3;1-2H/t7-;/m0./s1.